The van der Waals surface area contributed by atoms with Crippen molar-refractivity contribution in [2.45, 2.75) is 29.1 Å². The van der Waals surface area contributed by atoms with Crippen molar-refractivity contribution in [2.75, 3.05) is 12.4 Å². The second kappa shape index (κ2) is 8.41. The summed E-state index contributed by atoms with van der Waals surface area (Å²) in [4.78, 5) is 18.7. The minimum atomic E-state index is -0.257. The zero-order valence-electron chi connectivity index (χ0n) is 15.4. The number of thioether (sulfide) groups is 2. The zero-order valence-corrected chi connectivity index (χ0v) is 17.0. The topological polar surface area (TPSA) is 44.1 Å². The van der Waals surface area contributed by atoms with Gasteiger partial charge >= 0.3 is 0 Å². The van der Waals surface area contributed by atoms with Gasteiger partial charge in [-0.15, -0.1) is 11.8 Å². The Hall–Kier alpha value is -2.25. The molecule has 0 amide bonds. The molecule has 1 aliphatic heterocycles. The second-order valence-corrected chi connectivity index (χ2v) is 8.30. The molecule has 0 radical (unpaired) electrons. The molecule has 28 heavy (non-hydrogen) atoms. The lowest BCUT2D eigenvalue weighted by atomic mass is 10.2. The third-order valence-corrected chi connectivity index (χ3v) is 6.47. The molecule has 0 spiro atoms. The summed E-state index contributed by atoms with van der Waals surface area (Å²) in [6, 6.07) is 13.9. The maximum atomic E-state index is 13.2. The Bertz CT molecular complexity index is 1030. The second-order valence-electron chi connectivity index (χ2n) is 6.25. The van der Waals surface area contributed by atoms with Crippen molar-refractivity contribution in [3.05, 3.63) is 76.0 Å². The molecule has 0 unspecified atom stereocenters. The van der Waals surface area contributed by atoms with Crippen LogP contribution in [0.25, 0.3) is 5.69 Å². The van der Waals surface area contributed by atoms with Gasteiger partial charge in [0.2, 0.25) is 0 Å². The Balaban J connectivity index is 1.71. The maximum Gasteiger partial charge on any atom is 0.272 e. The van der Waals surface area contributed by atoms with Gasteiger partial charge in [-0.1, -0.05) is 23.9 Å². The Morgan fingerprint density at radius 3 is 2.64 bits per heavy atom. The van der Waals surface area contributed by atoms with Crippen molar-refractivity contribution in [3.63, 3.8) is 0 Å². The van der Waals surface area contributed by atoms with Gasteiger partial charge in [0.25, 0.3) is 5.56 Å². The molecule has 7 heteroatoms. The number of rotatable bonds is 6. The van der Waals surface area contributed by atoms with Crippen LogP contribution < -0.4 is 10.3 Å². The lowest BCUT2D eigenvalue weighted by molar-refractivity contribution is 0.340. The van der Waals surface area contributed by atoms with E-state index in [4.69, 9.17) is 9.72 Å². The van der Waals surface area contributed by atoms with Crippen molar-refractivity contribution < 1.29 is 9.13 Å². The lowest BCUT2D eigenvalue weighted by Gasteiger charge is -2.14. The fourth-order valence-electron chi connectivity index (χ4n) is 3.00. The summed E-state index contributed by atoms with van der Waals surface area (Å²) >= 11 is 3.05. The van der Waals surface area contributed by atoms with E-state index in [2.05, 4.69) is 0 Å². The molecule has 2 heterocycles. The van der Waals surface area contributed by atoms with E-state index in [1.54, 1.807) is 28.5 Å². The van der Waals surface area contributed by atoms with Crippen LogP contribution in [0.2, 0.25) is 0 Å². The van der Waals surface area contributed by atoms with Crippen molar-refractivity contribution in [1.29, 1.82) is 0 Å². The SMILES string of the molecule is CCOc1ccc(-n2c(SCc3ccc(F)cc3)nc3c(c2=O)SCC3)cc1. The minimum absolute atomic E-state index is 0.0294. The summed E-state index contributed by atoms with van der Waals surface area (Å²) in [5.41, 5.74) is 2.59. The quantitative estimate of drug-likeness (QED) is 0.432. The monoisotopic (exact) mass is 414 g/mol. The number of aromatic nitrogens is 2. The highest BCUT2D eigenvalue weighted by Gasteiger charge is 2.22. The number of aryl methyl sites for hydroxylation is 1. The molecule has 0 saturated carbocycles. The molecule has 0 saturated heterocycles. The number of halogens is 1. The standard InChI is InChI=1S/C21H19FN2O2S2/c1-2-26-17-9-7-16(8-10-17)24-20(25)19-18(11-12-27-19)23-21(24)28-13-14-3-5-15(22)6-4-14/h3-10H,2,11-13H2,1H3. The molecule has 2 aromatic carbocycles. The molecular weight excluding hydrogens is 395 g/mol. The first-order chi connectivity index (χ1) is 13.7. The van der Waals surface area contributed by atoms with E-state index in [1.807, 2.05) is 31.2 Å². The lowest BCUT2D eigenvalue weighted by Crippen LogP contribution is -2.23. The summed E-state index contributed by atoms with van der Waals surface area (Å²) in [5, 5.41) is 0.653. The Labute approximate surface area is 171 Å². The summed E-state index contributed by atoms with van der Waals surface area (Å²) in [6.45, 7) is 2.53. The number of ether oxygens (including phenoxy) is 1. The summed E-state index contributed by atoms with van der Waals surface area (Å²) in [5.74, 6) is 2.00. The Morgan fingerprint density at radius 1 is 1.18 bits per heavy atom. The first-order valence-electron chi connectivity index (χ1n) is 9.05. The smallest absolute Gasteiger partial charge is 0.272 e. The largest absolute Gasteiger partial charge is 0.494 e. The van der Waals surface area contributed by atoms with E-state index < -0.39 is 0 Å². The highest BCUT2D eigenvalue weighted by atomic mass is 32.2. The molecular formula is C21H19FN2O2S2. The van der Waals surface area contributed by atoms with E-state index >= 15 is 0 Å². The van der Waals surface area contributed by atoms with Gasteiger partial charge in [-0.3, -0.25) is 9.36 Å². The summed E-state index contributed by atoms with van der Waals surface area (Å²) < 4.78 is 20.3. The number of fused-ring (bicyclic) bond motifs is 1. The molecule has 0 bridgehead atoms. The molecule has 4 rings (SSSR count). The summed E-state index contributed by atoms with van der Waals surface area (Å²) in [6.07, 6.45) is 0.809. The highest BCUT2D eigenvalue weighted by molar-refractivity contribution is 7.99. The minimum Gasteiger partial charge on any atom is -0.494 e. The Morgan fingerprint density at radius 2 is 1.93 bits per heavy atom. The van der Waals surface area contributed by atoms with E-state index in [0.717, 1.165) is 39.8 Å². The number of hydrogen-bond acceptors (Lipinski definition) is 5. The van der Waals surface area contributed by atoms with Crippen molar-refractivity contribution in [2.24, 2.45) is 0 Å². The molecule has 4 nitrogen and oxygen atoms in total. The molecule has 1 aliphatic rings. The molecule has 3 aromatic rings. The van der Waals surface area contributed by atoms with E-state index in [-0.39, 0.29) is 11.4 Å². The van der Waals surface area contributed by atoms with E-state index in [0.29, 0.717) is 17.5 Å². The van der Waals surface area contributed by atoms with Gasteiger partial charge in [-0.25, -0.2) is 9.37 Å². The van der Waals surface area contributed by atoms with Crippen LogP contribution in [-0.2, 0) is 12.2 Å². The van der Waals surface area contributed by atoms with E-state index in [1.165, 1.54) is 23.9 Å². The van der Waals surface area contributed by atoms with Crippen molar-refractivity contribution in [3.8, 4) is 11.4 Å². The van der Waals surface area contributed by atoms with Crippen molar-refractivity contribution in [1.82, 2.24) is 9.55 Å². The van der Waals surface area contributed by atoms with Gasteiger partial charge in [-0.05, 0) is 48.9 Å². The molecule has 0 atom stereocenters. The fraction of sp³-hybridized carbons (Fsp3) is 0.238. The predicted molar refractivity (Wildman–Crippen MR) is 111 cm³/mol. The predicted octanol–water partition coefficient (Wildman–Crippen LogP) is 4.71. The van der Waals surface area contributed by atoms with Gasteiger partial charge in [-0.2, -0.15) is 0 Å². The van der Waals surface area contributed by atoms with Crippen LogP contribution in [0.1, 0.15) is 18.2 Å². The van der Waals surface area contributed by atoms with Crippen LogP contribution in [0.5, 0.6) is 5.75 Å². The third-order valence-electron chi connectivity index (χ3n) is 4.35. The molecule has 0 fully saturated rings. The van der Waals surface area contributed by atoms with Crippen LogP contribution in [0.4, 0.5) is 4.39 Å². The van der Waals surface area contributed by atoms with Gasteiger partial charge in [0, 0.05) is 17.9 Å². The molecule has 1 aromatic heterocycles. The first-order valence-corrected chi connectivity index (χ1v) is 11.0. The normalized spacial score (nSPS) is 12.8. The van der Waals surface area contributed by atoms with Gasteiger partial charge in [0.1, 0.15) is 11.6 Å². The van der Waals surface area contributed by atoms with Crippen LogP contribution >= 0.6 is 23.5 Å². The van der Waals surface area contributed by atoms with Crippen molar-refractivity contribution >= 4 is 23.5 Å². The number of hydrogen-bond donors (Lipinski definition) is 0. The third kappa shape index (κ3) is 3.95. The van der Waals surface area contributed by atoms with Gasteiger partial charge in [0.05, 0.1) is 22.9 Å². The number of nitrogens with zero attached hydrogens (tertiary/aromatic N) is 2. The highest BCUT2D eigenvalue weighted by Crippen LogP contribution is 2.31. The van der Waals surface area contributed by atoms with Gasteiger partial charge in [0.15, 0.2) is 5.16 Å². The first kappa shape index (κ1) is 19.1. The maximum absolute atomic E-state index is 13.2. The van der Waals surface area contributed by atoms with Crippen LogP contribution in [-0.4, -0.2) is 21.9 Å². The Kier molecular flexibility index (Phi) is 5.73. The molecule has 144 valence electrons. The van der Waals surface area contributed by atoms with Crippen LogP contribution in [0.3, 0.4) is 0 Å². The fourth-order valence-corrected chi connectivity index (χ4v) is 5.01. The average Bonchev–Trinajstić information content (AvgIpc) is 3.18. The average molecular weight is 415 g/mol. The summed E-state index contributed by atoms with van der Waals surface area (Å²) in [7, 11) is 0. The zero-order chi connectivity index (χ0) is 19.5. The van der Waals surface area contributed by atoms with E-state index in [9.17, 15) is 9.18 Å². The van der Waals surface area contributed by atoms with Crippen LogP contribution in [0.15, 0.2) is 63.4 Å². The molecule has 0 N–H and O–H groups in total. The van der Waals surface area contributed by atoms with Gasteiger partial charge < -0.3 is 4.74 Å². The number of benzene rings is 2. The molecule has 0 aliphatic carbocycles. The van der Waals surface area contributed by atoms with Crippen LogP contribution in [0, 0.1) is 5.82 Å².